The average Bonchev–Trinajstić information content (AvgIpc) is 3.01. The minimum absolute atomic E-state index is 0.128. The summed E-state index contributed by atoms with van der Waals surface area (Å²) in [5.41, 5.74) is 2.71. The maximum Gasteiger partial charge on any atom is 0.310 e. The van der Waals surface area contributed by atoms with Gasteiger partial charge < -0.3 is 19.3 Å². The number of carbonyl (C=O) groups is 2. The maximum absolute atomic E-state index is 13.9. The summed E-state index contributed by atoms with van der Waals surface area (Å²) in [5.74, 6) is 1.94. The number of hydrogen-bond acceptors (Lipinski definition) is 7. The Bertz CT molecular complexity index is 1290. The second-order valence-electron chi connectivity index (χ2n) is 10.6. The Kier molecular flexibility index (Phi) is 8.94. The Hall–Kier alpha value is -3.94. The van der Waals surface area contributed by atoms with E-state index in [1.54, 1.807) is 25.1 Å². The van der Waals surface area contributed by atoms with Crippen molar-refractivity contribution in [2.24, 2.45) is 11.8 Å². The lowest BCUT2D eigenvalue weighted by Crippen LogP contribution is -2.44. The van der Waals surface area contributed by atoms with Gasteiger partial charge in [-0.3, -0.25) is 9.59 Å². The summed E-state index contributed by atoms with van der Waals surface area (Å²) in [5, 5.41) is 0. The number of aromatic nitrogens is 2. The van der Waals surface area contributed by atoms with Crippen LogP contribution in [-0.2, 0) is 16.0 Å². The molecule has 3 aromatic rings. The van der Waals surface area contributed by atoms with Gasteiger partial charge in [0.05, 0.1) is 19.6 Å². The molecular formula is C32H38N4O4. The number of carbonyl (C=O) groups excluding carboxylic acids is 2. The molecule has 2 saturated heterocycles. The topological polar surface area (TPSA) is 84.9 Å². The van der Waals surface area contributed by atoms with E-state index in [0.717, 1.165) is 56.5 Å². The summed E-state index contributed by atoms with van der Waals surface area (Å²) in [6.07, 6.45) is 6.27. The minimum atomic E-state index is -0.297. The number of esters is 1. The first-order chi connectivity index (χ1) is 19.6. The van der Waals surface area contributed by atoms with E-state index < -0.39 is 0 Å². The molecule has 3 heterocycles. The summed E-state index contributed by atoms with van der Waals surface area (Å²) in [4.78, 5) is 39.9. The van der Waals surface area contributed by atoms with Crippen molar-refractivity contribution < 1.29 is 19.1 Å². The first kappa shape index (κ1) is 27.6. The molecule has 2 aliphatic heterocycles. The van der Waals surface area contributed by atoms with Crippen molar-refractivity contribution in [2.75, 3.05) is 44.8 Å². The molecule has 0 N–H and O–H groups in total. The van der Waals surface area contributed by atoms with E-state index in [1.807, 2.05) is 24.3 Å². The van der Waals surface area contributed by atoms with Gasteiger partial charge in [-0.1, -0.05) is 30.3 Å². The molecule has 2 aromatic carbocycles. The molecule has 0 radical (unpaired) electrons. The molecule has 2 fully saturated rings. The summed E-state index contributed by atoms with van der Waals surface area (Å²) in [6, 6.07) is 18.3. The predicted octanol–water partition coefficient (Wildman–Crippen LogP) is 5.03. The van der Waals surface area contributed by atoms with Gasteiger partial charge in [0, 0.05) is 37.9 Å². The molecule has 210 valence electrons. The van der Waals surface area contributed by atoms with Crippen LogP contribution in [0.15, 0.2) is 60.8 Å². The SMILES string of the molecule is CCOC(=O)[C@H]1CCCN(C(=O)c2cnc(-c3ccc(OC)cc3)nc2N2CCC(Cc3ccccc3)CC2)C1. The van der Waals surface area contributed by atoms with Crippen LogP contribution >= 0.6 is 0 Å². The molecule has 1 atom stereocenters. The molecule has 0 saturated carbocycles. The highest BCUT2D eigenvalue weighted by Gasteiger charge is 2.33. The number of nitrogens with zero attached hydrogens (tertiary/aromatic N) is 4. The summed E-state index contributed by atoms with van der Waals surface area (Å²) >= 11 is 0. The number of ether oxygens (including phenoxy) is 2. The Balaban J connectivity index is 1.39. The van der Waals surface area contributed by atoms with E-state index in [1.165, 1.54) is 5.56 Å². The Morgan fingerprint density at radius 2 is 1.73 bits per heavy atom. The predicted molar refractivity (Wildman–Crippen MR) is 154 cm³/mol. The second-order valence-corrected chi connectivity index (χ2v) is 10.6. The number of rotatable bonds is 8. The lowest BCUT2D eigenvalue weighted by molar-refractivity contribution is -0.149. The maximum atomic E-state index is 13.9. The molecule has 0 bridgehead atoms. The molecule has 1 amide bonds. The molecular weight excluding hydrogens is 504 g/mol. The van der Waals surface area contributed by atoms with Gasteiger partial charge in [-0.2, -0.15) is 0 Å². The fourth-order valence-corrected chi connectivity index (χ4v) is 5.72. The minimum Gasteiger partial charge on any atom is -0.497 e. The summed E-state index contributed by atoms with van der Waals surface area (Å²) in [7, 11) is 1.64. The zero-order valence-corrected chi connectivity index (χ0v) is 23.4. The van der Waals surface area contributed by atoms with Gasteiger partial charge in [0.15, 0.2) is 5.82 Å². The number of benzene rings is 2. The van der Waals surface area contributed by atoms with Gasteiger partial charge in [-0.15, -0.1) is 0 Å². The average molecular weight is 543 g/mol. The molecule has 5 rings (SSSR count). The summed E-state index contributed by atoms with van der Waals surface area (Å²) < 4.78 is 10.6. The largest absolute Gasteiger partial charge is 0.497 e. The highest BCUT2D eigenvalue weighted by molar-refractivity contribution is 5.99. The Morgan fingerprint density at radius 1 is 0.975 bits per heavy atom. The lowest BCUT2D eigenvalue weighted by Gasteiger charge is -2.35. The van der Waals surface area contributed by atoms with E-state index in [0.29, 0.717) is 42.8 Å². The van der Waals surface area contributed by atoms with E-state index in [9.17, 15) is 9.59 Å². The van der Waals surface area contributed by atoms with Crippen molar-refractivity contribution in [1.82, 2.24) is 14.9 Å². The van der Waals surface area contributed by atoms with Crippen LogP contribution in [0.5, 0.6) is 5.75 Å². The third-order valence-corrected chi connectivity index (χ3v) is 7.96. The zero-order valence-electron chi connectivity index (χ0n) is 23.4. The third-order valence-electron chi connectivity index (χ3n) is 7.96. The molecule has 0 spiro atoms. The number of likely N-dealkylation sites (tertiary alicyclic amines) is 1. The molecule has 0 unspecified atom stereocenters. The lowest BCUT2D eigenvalue weighted by atomic mass is 9.90. The van der Waals surface area contributed by atoms with Crippen molar-refractivity contribution in [1.29, 1.82) is 0 Å². The fourth-order valence-electron chi connectivity index (χ4n) is 5.72. The smallest absolute Gasteiger partial charge is 0.310 e. The number of piperidine rings is 2. The number of hydrogen-bond donors (Lipinski definition) is 0. The van der Waals surface area contributed by atoms with Crippen LogP contribution in [0, 0.1) is 11.8 Å². The number of anilines is 1. The third kappa shape index (κ3) is 6.43. The van der Waals surface area contributed by atoms with Crippen molar-refractivity contribution in [2.45, 2.75) is 39.0 Å². The van der Waals surface area contributed by atoms with Gasteiger partial charge >= 0.3 is 5.97 Å². The van der Waals surface area contributed by atoms with Crippen LogP contribution in [0.25, 0.3) is 11.4 Å². The first-order valence-electron chi connectivity index (χ1n) is 14.3. The Labute approximate surface area is 236 Å². The molecule has 2 aliphatic rings. The van der Waals surface area contributed by atoms with E-state index in [4.69, 9.17) is 14.5 Å². The van der Waals surface area contributed by atoms with E-state index in [2.05, 4.69) is 40.2 Å². The molecule has 40 heavy (non-hydrogen) atoms. The van der Waals surface area contributed by atoms with Gasteiger partial charge in [0.2, 0.25) is 0 Å². The van der Waals surface area contributed by atoms with Crippen LogP contribution in [0.1, 0.15) is 48.5 Å². The van der Waals surface area contributed by atoms with Crippen molar-refractivity contribution in [3.05, 3.63) is 71.9 Å². The first-order valence-corrected chi connectivity index (χ1v) is 14.3. The van der Waals surface area contributed by atoms with Crippen LogP contribution in [0.4, 0.5) is 5.82 Å². The van der Waals surface area contributed by atoms with Crippen molar-refractivity contribution in [3.8, 4) is 17.1 Å². The van der Waals surface area contributed by atoms with E-state index >= 15 is 0 Å². The monoisotopic (exact) mass is 542 g/mol. The number of amides is 1. The van der Waals surface area contributed by atoms with Gasteiger partial charge in [-0.05, 0) is 74.8 Å². The number of methoxy groups -OCH3 is 1. The molecule has 8 nitrogen and oxygen atoms in total. The van der Waals surface area contributed by atoms with E-state index in [-0.39, 0.29) is 17.8 Å². The molecule has 1 aromatic heterocycles. The molecule has 0 aliphatic carbocycles. The second kappa shape index (κ2) is 12.9. The van der Waals surface area contributed by atoms with Gasteiger partial charge in [-0.25, -0.2) is 9.97 Å². The van der Waals surface area contributed by atoms with Crippen LogP contribution in [-0.4, -0.2) is 66.6 Å². The van der Waals surface area contributed by atoms with Gasteiger partial charge in [0.1, 0.15) is 17.1 Å². The van der Waals surface area contributed by atoms with Gasteiger partial charge in [0.25, 0.3) is 5.91 Å². The zero-order chi connectivity index (χ0) is 27.9. The van der Waals surface area contributed by atoms with Crippen LogP contribution in [0.3, 0.4) is 0 Å². The molecule has 8 heteroatoms. The highest BCUT2D eigenvalue weighted by atomic mass is 16.5. The standard InChI is InChI=1S/C32H38N4O4/c1-3-40-32(38)26-10-7-17-36(22-26)31(37)28-21-33-29(25-11-13-27(39-2)14-12-25)34-30(28)35-18-15-24(16-19-35)20-23-8-5-4-6-9-23/h4-6,8-9,11-14,21,24,26H,3,7,10,15-20,22H2,1-2H3/t26-/m0/s1. The summed E-state index contributed by atoms with van der Waals surface area (Å²) in [6.45, 7) is 4.75. The Morgan fingerprint density at radius 3 is 2.42 bits per heavy atom. The van der Waals surface area contributed by atoms with Crippen LogP contribution < -0.4 is 9.64 Å². The van der Waals surface area contributed by atoms with Crippen LogP contribution in [0.2, 0.25) is 0 Å². The van der Waals surface area contributed by atoms with Crippen molar-refractivity contribution in [3.63, 3.8) is 0 Å². The highest BCUT2D eigenvalue weighted by Crippen LogP contribution is 2.31. The van der Waals surface area contributed by atoms with Crippen molar-refractivity contribution >= 4 is 17.7 Å². The quantitative estimate of drug-likeness (QED) is 0.369. The fraction of sp³-hybridized carbons (Fsp3) is 0.438. The normalized spacial score (nSPS) is 17.9.